The van der Waals surface area contributed by atoms with Crippen molar-refractivity contribution in [1.82, 2.24) is 4.31 Å². The van der Waals surface area contributed by atoms with Gasteiger partial charge in [-0.25, -0.2) is 8.42 Å². The number of rotatable bonds is 7. The second-order valence-electron chi connectivity index (χ2n) is 5.21. The number of hydrogen-bond acceptors (Lipinski definition) is 3. The molecule has 0 bridgehead atoms. The molecule has 116 valence electrons. The zero-order chi connectivity index (χ0) is 15.6. The van der Waals surface area contributed by atoms with Crippen LogP contribution in [0.2, 0.25) is 5.02 Å². The number of hydrogen-bond donors (Lipinski definition) is 1. The first-order valence-corrected chi connectivity index (χ1v) is 9.21. The van der Waals surface area contributed by atoms with Gasteiger partial charge in [0.25, 0.3) is 0 Å². The van der Waals surface area contributed by atoms with Crippen molar-refractivity contribution in [3.63, 3.8) is 0 Å². The highest BCUT2D eigenvalue weighted by Crippen LogP contribution is 2.34. The van der Waals surface area contributed by atoms with Crippen molar-refractivity contribution in [2.24, 2.45) is 5.73 Å². The number of benzene rings is 1. The van der Waals surface area contributed by atoms with Crippen LogP contribution in [-0.4, -0.2) is 30.3 Å². The lowest BCUT2D eigenvalue weighted by Crippen LogP contribution is -2.34. The Morgan fingerprint density at radius 1 is 1.48 bits per heavy atom. The minimum absolute atomic E-state index is 0.0949. The number of nitrogens with zero attached hydrogens (tertiary/aromatic N) is 1. The van der Waals surface area contributed by atoms with E-state index in [2.05, 4.69) is 0 Å². The third-order valence-electron chi connectivity index (χ3n) is 3.49. The van der Waals surface area contributed by atoms with Gasteiger partial charge in [-0.15, -0.1) is 0 Å². The summed E-state index contributed by atoms with van der Waals surface area (Å²) in [5, 5.41) is 0.206. The van der Waals surface area contributed by atoms with Gasteiger partial charge in [-0.2, -0.15) is 4.31 Å². The van der Waals surface area contributed by atoms with Crippen molar-refractivity contribution in [3.8, 4) is 0 Å². The highest BCUT2D eigenvalue weighted by molar-refractivity contribution is 7.89. The van der Waals surface area contributed by atoms with Gasteiger partial charge in [-0.3, -0.25) is 0 Å². The van der Waals surface area contributed by atoms with Crippen LogP contribution in [0, 0.1) is 0 Å². The average molecular weight is 347 g/mol. The Morgan fingerprint density at radius 2 is 2.14 bits per heavy atom. The summed E-state index contributed by atoms with van der Waals surface area (Å²) in [6, 6.07) is 4.75. The molecule has 1 fully saturated rings. The first kappa shape index (κ1) is 16.7. The van der Waals surface area contributed by atoms with Gasteiger partial charge in [0.2, 0.25) is 10.0 Å². The molecule has 0 unspecified atom stereocenters. The van der Waals surface area contributed by atoms with E-state index in [1.165, 1.54) is 12.1 Å². The molecular formula is C14H19ClN2O2S2. The van der Waals surface area contributed by atoms with Crippen LogP contribution in [0.1, 0.15) is 38.2 Å². The van der Waals surface area contributed by atoms with E-state index in [1.807, 2.05) is 6.92 Å². The van der Waals surface area contributed by atoms with Gasteiger partial charge >= 0.3 is 0 Å². The molecule has 0 saturated heterocycles. The molecule has 7 heteroatoms. The van der Waals surface area contributed by atoms with Crippen molar-refractivity contribution < 1.29 is 8.42 Å². The maximum Gasteiger partial charge on any atom is 0.244 e. The SMILES string of the molecule is CCCCN(C1CC1)S(=O)(=O)c1cc(C(N)=S)ccc1Cl. The van der Waals surface area contributed by atoms with E-state index in [0.717, 1.165) is 25.7 Å². The fourth-order valence-corrected chi connectivity index (χ4v) is 4.51. The summed E-state index contributed by atoms with van der Waals surface area (Å²) < 4.78 is 27.3. The molecule has 2 N–H and O–H groups in total. The molecule has 0 amide bonds. The number of unbranched alkanes of at least 4 members (excludes halogenated alkanes) is 1. The molecule has 21 heavy (non-hydrogen) atoms. The first-order chi connectivity index (χ1) is 9.87. The van der Waals surface area contributed by atoms with Crippen molar-refractivity contribution >= 4 is 38.8 Å². The van der Waals surface area contributed by atoms with Gasteiger partial charge < -0.3 is 5.73 Å². The predicted molar refractivity (Wildman–Crippen MR) is 89.2 cm³/mol. The lowest BCUT2D eigenvalue weighted by Gasteiger charge is -2.22. The highest BCUT2D eigenvalue weighted by atomic mass is 35.5. The maximum atomic E-state index is 12.9. The minimum Gasteiger partial charge on any atom is -0.389 e. The summed E-state index contributed by atoms with van der Waals surface area (Å²) in [4.78, 5) is 0.257. The van der Waals surface area contributed by atoms with Crippen LogP contribution in [0.3, 0.4) is 0 Å². The molecule has 0 spiro atoms. The van der Waals surface area contributed by atoms with E-state index < -0.39 is 10.0 Å². The van der Waals surface area contributed by atoms with Crippen LogP contribution < -0.4 is 5.73 Å². The number of halogens is 1. The maximum absolute atomic E-state index is 12.9. The van der Waals surface area contributed by atoms with Crippen LogP contribution in [0.5, 0.6) is 0 Å². The molecule has 4 nitrogen and oxygen atoms in total. The van der Waals surface area contributed by atoms with Crippen LogP contribution in [-0.2, 0) is 10.0 Å². The Bertz CT molecular complexity index is 642. The van der Waals surface area contributed by atoms with E-state index >= 15 is 0 Å². The molecule has 1 aliphatic rings. The number of nitrogens with two attached hydrogens (primary N) is 1. The molecular weight excluding hydrogens is 328 g/mol. The van der Waals surface area contributed by atoms with Gasteiger partial charge in [0, 0.05) is 18.2 Å². The fourth-order valence-electron chi connectivity index (χ4n) is 2.16. The van der Waals surface area contributed by atoms with Crippen LogP contribution in [0.15, 0.2) is 23.1 Å². The summed E-state index contributed by atoms with van der Waals surface area (Å²) in [6.45, 7) is 2.56. The Hall–Kier alpha value is -0.690. The van der Waals surface area contributed by atoms with E-state index in [0.29, 0.717) is 12.1 Å². The second-order valence-corrected chi connectivity index (χ2v) is 7.92. The molecule has 1 aliphatic carbocycles. The molecule has 0 radical (unpaired) electrons. The van der Waals surface area contributed by atoms with E-state index in [1.54, 1.807) is 10.4 Å². The lowest BCUT2D eigenvalue weighted by molar-refractivity contribution is 0.396. The van der Waals surface area contributed by atoms with Gasteiger partial charge in [-0.05, 0) is 31.4 Å². The largest absolute Gasteiger partial charge is 0.389 e. The Labute approximate surface area is 136 Å². The summed E-state index contributed by atoms with van der Waals surface area (Å²) in [5.74, 6) is 0. The quantitative estimate of drug-likeness (QED) is 0.771. The number of sulfonamides is 1. The third kappa shape index (κ3) is 3.74. The van der Waals surface area contributed by atoms with Gasteiger partial charge in [0.1, 0.15) is 9.88 Å². The molecule has 0 aliphatic heterocycles. The molecule has 0 aromatic heterocycles. The Morgan fingerprint density at radius 3 is 2.67 bits per heavy atom. The predicted octanol–water partition coefficient (Wildman–Crippen LogP) is 2.93. The summed E-state index contributed by atoms with van der Waals surface area (Å²) in [7, 11) is -3.61. The van der Waals surface area contributed by atoms with Crippen molar-refractivity contribution in [2.75, 3.05) is 6.54 Å². The van der Waals surface area contributed by atoms with Gasteiger partial charge in [-0.1, -0.05) is 43.2 Å². The average Bonchev–Trinajstić information content (AvgIpc) is 3.23. The summed E-state index contributed by atoms with van der Waals surface area (Å²) >= 11 is 11.0. The lowest BCUT2D eigenvalue weighted by atomic mass is 10.2. The van der Waals surface area contributed by atoms with Crippen LogP contribution in [0.4, 0.5) is 0 Å². The molecule has 1 aromatic carbocycles. The molecule has 1 aromatic rings. The summed E-state index contributed by atoms with van der Waals surface area (Å²) in [6.07, 6.45) is 3.60. The van der Waals surface area contributed by atoms with Crippen LogP contribution in [0.25, 0.3) is 0 Å². The second kappa shape index (κ2) is 6.60. The fraction of sp³-hybridized carbons (Fsp3) is 0.500. The van der Waals surface area contributed by atoms with Crippen molar-refractivity contribution in [1.29, 1.82) is 0 Å². The van der Waals surface area contributed by atoms with Crippen LogP contribution >= 0.6 is 23.8 Å². The van der Waals surface area contributed by atoms with E-state index in [9.17, 15) is 8.42 Å². The van der Waals surface area contributed by atoms with E-state index in [-0.39, 0.29) is 20.9 Å². The smallest absolute Gasteiger partial charge is 0.244 e. The molecule has 0 atom stereocenters. The molecule has 0 heterocycles. The third-order valence-corrected chi connectivity index (χ3v) is 6.16. The zero-order valence-corrected chi connectivity index (χ0v) is 14.3. The normalized spacial score (nSPS) is 15.4. The number of thiocarbonyl (C=S) groups is 1. The zero-order valence-electron chi connectivity index (χ0n) is 11.9. The van der Waals surface area contributed by atoms with Gasteiger partial charge in [0.15, 0.2) is 0 Å². The standard InChI is InChI=1S/C14H19ClN2O2S2/c1-2-3-8-17(11-5-6-11)21(18,19)13-9-10(14(16)20)4-7-12(13)15/h4,7,9,11H,2-3,5-6,8H2,1H3,(H2,16,20). The Kier molecular flexibility index (Phi) is 5.24. The summed E-state index contributed by atoms with van der Waals surface area (Å²) in [5.41, 5.74) is 6.10. The Balaban J connectivity index is 2.41. The van der Waals surface area contributed by atoms with Crippen molar-refractivity contribution in [3.05, 3.63) is 28.8 Å². The van der Waals surface area contributed by atoms with Crippen molar-refractivity contribution in [2.45, 2.75) is 43.5 Å². The van der Waals surface area contributed by atoms with E-state index in [4.69, 9.17) is 29.6 Å². The topological polar surface area (TPSA) is 63.4 Å². The van der Waals surface area contributed by atoms with Gasteiger partial charge in [0.05, 0.1) is 5.02 Å². The molecule has 1 saturated carbocycles. The molecule has 2 rings (SSSR count). The minimum atomic E-state index is -3.61. The first-order valence-electron chi connectivity index (χ1n) is 6.99. The highest BCUT2D eigenvalue weighted by Gasteiger charge is 2.38. The monoisotopic (exact) mass is 346 g/mol.